The Labute approximate surface area is 142 Å². The molecule has 4 heteroatoms. The van der Waals surface area contributed by atoms with Gasteiger partial charge in [0.15, 0.2) is 6.10 Å². The number of rotatable bonds is 15. The number of unbranched alkanes of at least 4 members (excludes halogenated alkanes) is 9. The van der Waals surface area contributed by atoms with E-state index < -0.39 is 12.1 Å². The lowest BCUT2D eigenvalue weighted by atomic mass is 10.1. The first-order valence-corrected chi connectivity index (χ1v) is 9.51. The number of hydrogen-bond donors (Lipinski definition) is 0. The van der Waals surface area contributed by atoms with Crippen LogP contribution in [0.5, 0.6) is 0 Å². The minimum atomic E-state index is -0.745. The Morgan fingerprint density at radius 3 is 1.78 bits per heavy atom. The van der Waals surface area contributed by atoms with Gasteiger partial charge in [-0.15, -0.1) is 0 Å². The van der Waals surface area contributed by atoms with Crippen molar-refractivity contribution in [3.8, 4) is 0 Å². The average molecular weight is 328 g/mol. The number of carbonyl (C=O) groups is 2. The summed E-state index contributed by atoms with van der Waals surface area (Å²) in [6, 6.07) is 0. The van der Waals surface area contributed by atoms with Crippen molar-refractivity contribution in [3.63, 3.8) is 0 Å². The number of esters is 2. The number of carbonyl (C=O) groups excluding carboxylic acids is 2. The molecule has 0 aliphatic heterocycles. The molecule has 0 radical (unpaired) electrons. The largest absolute Gasteiger partial charge is 0.463 e. The molecule has 0 aromatic rings. The molecular weight excluding hydrogens is 292 g/mol. The zero-order valence-electron chi connectivity index (χ0n) is 15.4. The molecule has 0 saturated heterocycles. The summed E-state index contributed by atoms with van der Waals surface area (Å²) in [5.41, 5.74) is 0. The Morgan fingerprint density at radius 1 is 0.783 bits per heavy atom. The Balaban J connectivity index is 3.49. The quantitative estimate of drug-likeness (QED) is 0.307. The summed E-state index contributed by atoms with van der Waals surface area (Å²) in [6.45, 7) is 6.19. The Kier molecular flexibility index (Phi) is 15.1. The van der Waals surface area contributed by atoms with Crippen molar-refractivity contribution in [3.05, 3.63) is 0 Å². The van der Waals surface area contributed by atoms with Crippen molar-refractivity contribution < 1.29 is 19.1 Å². The van der Waals surface area contributed by atoms with E-state index in [9.17, 15) is 9.59 Å². The number of ether oxygens (including phenoxy) is 2. The van der Waals surface area contributed by atoms with E-state index in [0.717, 1.165) is 12.8 Å². The van der Waals surface area contributed by atoms with E-state index >= 15 is 0 Å². The molecule has 0 bridgehead atoms. The third-order valence-electron chi connectivity index (χ3n) is 3.94. The first-order chi connectivity index (χ1) is 11.2. The standard InChI is InChI=1S/C19H36O4/c1-4-7-8-9-10-11-12-13-14-15-16-22-19(21)17(5-2)23-18(20)6-3/h17H,4-16H2,1-3H3. The lowest BCUT2D eigenvalue weighted by Crippen LogP contribution is -2.28. The fraction of sp³-hybridized carbons (Fsp3) is 0.895. The summed E-state index contributed by atoms with van der Waals surface area (Å²) in [5, 5.41) is 0. The molecule has 0 rings (SSSR count). The van der Waals surface area contributed by atoms with Crippen LogP contribution in [0, 0.1) is 0 Å². The Hall–Kier alpha value is -1.06. The smallest absolute Gasteiger partial charge is 0.347 e. The summed E-state index contributed by atoms with van der Waals surface area (Å²) < 4.78 is 10.2. The lowest BCUT2D eigenvalue weighted by molar-refractivity contribution is -0.168. The maximum absolute atomic E-state index is 11.8. The van der Waals surface area contributed by atoms with Crippen LogP contribution in [-0.2, 0) is 19.1 Å². The molecule has 0 aliphatic carbocycles. The third-order valence-corrected chi connectivity index (χ3v) is 3.94. The highest BCUT2D eigenvalue weighted by Gasteiger charge is 2.21. The maximum atomic E-state index is 11.8. The molecular formula is C19H36O4. The van der Waals surface area contributed by atoms with Crippen molar-refractivity contribution in [2.45, 2.75) is 104 Å². The monoisotopic (exact) mass is 328 g/mol. The van der Waals surface area contributed by atoms with Gasteiger partial charge in [-0.1, -0.05) is 78.6 Å². The maximum Gasteiger partial charge on any atom is 0.347 e. The topological polar surface area (TPSA) is 52.6 Å². The van der Waals surface area contributed by atoms with Crippen molar-refractivity contribution in [2.24, 2.45) is 0 Å². The molecule has 0 fully saturated rings. The fourth-order valence-corrected chi connectivity index (χ4v) is 2.40. The second-order valence-electron chi connectivity index (χ2n) is 6.09. The van der Waals surface area contributed by atoms with E-state index in [1.165, 1.54) is 51.4 Å². The summed E-state index contributed by atoms with van der Waals surface area (Å²) in [4.78, 5) is 23.0. The zero-order chi connectivity index (χ0) is 17.3. The average Bonchev–Trinajstić information content (AvgIpc) is 2.56. The van der Waals surface area contributed by atoms with Gasteiger partial charge >= 0.3 is 11.9 Å². The highest BCUT2D eigenvalue weighted by molar-refractivity contribution is 5.79. The summed E-state index contributed by atoms with van der Waals surface area (Å²) in [5.74, 6) is -0.766. The van der Waals surface area contributed by atoms with Crippen LogP contribution in [-0.4, -0.2) is 24.6 Å². The zero-order valence-corrected chi connectivity index (χ0v) is 15.4. The van der Waals surface area contributed by atoms with Gasteiger partial charge in [-0.3, -0.25) is 4.79 Å². The molecule has 0 aliphatic rings. The van der Waals surface area contributed by atoms with Gasteiger partial charge in [0, 0.05) is 6.42 Å². The predicted octanol–water partition coefficient (Wildman–Crippen LogP) is 5.18. The molecule has 136 valence electrons. The second-order valence-corrected chi connectivity index (χ2v) is 6.09. The van der Waals surface area contributed by atoms with E-state index in [0.29, 0.717) is 13.0 Å². The molecule has 0 spiro atoms. The Morgan fingerprint density at radius 2 is 1.30 bits per heavy atom. The van der Waals surface area contributed by atoms with Gasteiger partial charge in [-0.2, -0.15) is 0 Å². The summed E-state index contributed by atoms with van der Waals surface area (Å²) in [7, 11) is 0. The van der Waals surface area contributed by atoms with E-state index in [4.69, 9.17) is 9.47 Å². The van der Waals surface area contributed by atoms with Crippen LogP contribution in [0.25, 0.3) is 0 Å². The Bertz CT molecular complexity index is 302. The third kappa shape index (κ3) is 13.1. The van der Waals surface area contributed by atoms with Crippen LogP contribution >= 0.6 is 0 Å². The lowest BCUT2D eigenvalue weighted by Gasteiger charge is -2.14. The number of hydrogen-bond acceptors (Lipinski definition) is 4. The normalized spacial score (nSPS) is 12.0. The van der Waals surface area contributed by atoms with Gasteiger partial charge < -0.3 is 9.47 Å². The predicted molar refractivity (Wildman–Crippen MR) is 93.3 cm³/mol. The molecule has 0 aromatic heterocycles. The van der Waals surface area contributed by atoms with Gasteiger partial charge in [0.1, 0.15) is 0 Å². The van der Waals surface area contributed by atoms with E-state index in [-0.39, 0.29) is 12.4 Å². The first-order valence-electron chi connectivity index (χ1n) is 9.51. The second kappa shape index (κ2) is 15.8. The van der Waals surface area contributed by atoms with Crippen LogP contribution < -0.4 is 0 Å². The van der Waals surface area contributed by atoms with E-state index in [1.54, 1.807) is 6.92 Å². The van der Waals surface area contributed by atoms with Crippen LogP contribution in [0.15, 0.2) is 0 Å². The molecule has 0 saturated carbocycles. The summed E-state index contributed by atoms with van der Waals surface area (Å²) >= 11 is 0. The molecule has 4 nitrogen and oxygen atoms in total. The molecule has 1 atom stereocenters. The highest BCUT2D eigenvalue weighted by Crippen LogP contribution is 2.11. The van der Waals surface area contributed by atoms with E-state index in [1.807, 2.05) is 6.92 Å². The van der Waals surface area contributed by atoms with Gasteiger partial charge in [-0.25, -0.2) is 4.79 Å². The van der Waals surface area contributed by atoms with Gasteiger partial charge in [0.05, 0.1) is 6.61 Å². The van der Waals surface area contributed by atoms with Crippen molar-refractivity contribution >= 4 is 11.9 Å². The van der Waals surface area contributed by atoms with Crippen LogP contribution in [0.4, 0.5) is 0 Å². The minimum absolute atomic E-state index is 0.280. The van der Waals surface area contributed by atoms with Crippen molar-refractivity contribution in [1.29, 1.82) is 0 Å². The summed E-state index contributed by atoms with van der Waals surface area (Å²) in [6.07, 6.45) is 12.5. The van der Waals surface area contributed by atoms with Crippen LogP contribution in [0.1, 0.15) is 97.8 Å². The van der Waals surface area contributed by atoms with Gasteiger partial charge in [0.25, 0.3) is 0 Å². The van der Waals surface area contributed by atoms with Gasteiger partial charge in [0.2, 0.25) is 0 Å². The molecule has 0 N–H and O–H groups in total. The minimum Gasteiger partial charge on any atom is -0.463 e. The molecule has 1 unspecified atom stereocenters. The van der Waals surface area contributed by atoms with Gasteiger partial charge in [-0.05, 0) is 12.8 Å². The molecule has 23 heavy (non-hydrogen) atoms. The van der Waals surface area contributed by atoms with Crippen molar-refractivity contribution in [1.82, 2.24) is 0 Å². The highest BCUT2D eigenvalue weighted by atomic mass is 16.6. The van der Waals surface area contributed by atoms with Crippen LogP contribution in [0.2, 0.25) is 0 Å². The molecule has 0 amide bonds. The van der Waals surface area contributed by atoms with Crippen LogP contribution in [0.3, 0.4) is 0 Å². The molecule has 0 aromatic carbocycles. The van der Waals surface area contributed by atoms with E-state index in [2.05, 4.69) is 6.92 Å². The van der Waals surface area contributed by atoms with Crippen molar-refractivity contribution in [2.75, 3.05) is 6.61 Å². The first kappa shape index (κ1) is 21.9. The SMILES string of the molecule is CCCCCCCCCCCCOC(=O)C(CC)OC(=O)CC. The molecule has 0 heterocycles. The fourth-order valence-electron chi connectivity index (χ4n) is 2.40.